The van der Waals surface area contributed by atoms with E-state index >= 15 is 0 Å². The van der Waals surface area contributed by atoms with Crippen LogP contribution in [0.25, 0.3) is 0 Å². The fraction of sp³-hybridized carbons (Fsp3) is 0.588. The molecule has 0 saturated heterocycles. The molecule has 0 bridgehead atoms. The zero-order chi connectivity index (χ0) is 15.3. The molecule has 4 heteroatoms. The predicted molar refractivity (Wildman–Crippen MR) is 89.0 cm³/mol. The maximum atomic E-state index is 5.42. The second-order valence-corrected chi connectivity index (χ2v) is 7.40. The number of nitrogens with zero attached hydrogens (tertiary/aromatic N) is 1. The standard InChI is InChI=1S/C17H26N2OS/c1-5-18-13(8-9-14-7-6-10-20-14)11-16-19-15(12-21-16)17(2,3)4/h6-7,10,12-13,18H,5,8-9,11H2,1-4H3. The highest BCUT2D eigenvalue weighted by Crippen LogP contribution is 2.24. The van der Waals surface area contributed by atoms with Crippen LogP contribution in [0.5, 0.6) is 0 Å². The first kappa shape index (κ1) is 16.2. The van der Waals surface area contributed by atoms with Crippen molar-refractivity contribution in [3.63, 3.8) is 0 Å². The van der Waals surface area contributed by atoms with Gasteiger partial charge in [-0.1, -0.05) is 27.7 Å². The van der Waals surface area contributed by atoms with Crippen LogP contribution in [0.4, 0.5) is 0 Å². The van der Waals surface area contributed by atoms with E-state index in [-0.39, 0.29) is 5.41 Å². The Bertz CT molecular complexity index is 525. The van der Waals surface area contributed by atoms with E-state index in [1.54, 1.807) is 17.6 Å². The number of aryl methyl sites for hydroxylation is 1. The van der Waals surface area contributed by atoms with Crippen LogP contribution in [0.1, 0.15) is 50.6 Å². The molecule has 2 aromatic rings. The largest absolute Gasteiger partial charge is 0.469 e. The Morgan fingerprint density at radius 3 is 2.76 bits per heavy atom. The molecule has 1 unspecified atom stereocenters. The van der Waals surface area contributed by atoms with Gasteiger partial charge in [-0.05, 0) is 25.1 Å². The van der Waals surface area contributed by atoms with Crippen LogP contribution in [0.15, 0.2) is 28.2 Å². The Hall–Kier alpha value is -1.13. The SMILES string of the molecule is CCNC(CCc1ccco1)Cc1nc(C(C)(C)C)cs1. The maximum absolute atomic E-state index is 5.42. The summed E-state index contributed by atoms with van der Waals surface area (Å²) in [6, 6.07) is 4.46. The van der Waals surface area contributed by atoms with Crippen LogP contribution >= 0.6 is 11.3 Å². The highest BCUT2D eigenvalue weighted by atomic mass is 32.1. The molecular weight excluding hydrogens is 280 g/mol. The smallest absolute Gasteiger partial charge is 0.103 e. The molecule has 0 radical (unpaired) electrons. The van der Waals surface area contributed by atoms with Gasteiger partial charge in [-0.3, -0.25) is 0 Å². The normalized spacial score (nSPS) is 13.5. The van der Waals surface area contributed by atoms with Gasteiger partial charge in [-0.2, -0.15) is 0 Å². The Balaban J connectivity index is 1.94. The second-order valence-electron chi connectivity index (χ2n) is 6.45. The molecule has 0 aliphatic rings. The maximum Gasteiger partial charge on any atom is 0.103 e. The Morgan fingerprint density at radius 2 is 2.19 bits per heavy atom. The third-order valence-corrected chi connectivity index (χ3v) is 4.42. The minimum absolute atomic E-state index is 0.136. The van der Waals surface area contributed by atoms with E-state index in [2.05, 4.69) is 38.4 Å². The van der Waals surface area contributed by atoms with Gasteiger partial charge < -0.3 is 9.73 Å². The average Bonchev–Trinajstić information content (AvgIpc) is 3.06. The molecule has 0 aliphatic carbocycles. The molecule has 2 rings (SSSR count). The highest BCUT2D eigenvalue weighted by Gasteiger charge is 2.19. The molecule has 0 fully saturated rings. The minimum Gasteiger partial charge on any atom is -0.469 e. The number of nitrogens with one attached hydrogen (secondary N) is 1. The Morgan fingerprint density at radius 1 is 1.38 bits per heavy atom. The van der Waals surface area contributed by atoms with Crippen LogP contribution in [0, 0.1) is 0 Å². The first-order valence-electron chi connectivity index (χ1n) is 7.69. The average molecular weight is 306 g/mol. The first-order valence-corrected chi connectivity index (χ1v) is 8.57. The van der Waals surface area contributed by atoms with Gasteiger partial charge in [-0.25, -0.2) is 4.98 Å². The van der Waals surface area contributed by atoms with Crippen LogP contribution in [0.3, 0.4) is 0 Å². The molecule has 2 heterocycles. The molecule has 0 aromatic carbocycles. The van der Waals surface area contributed by atoms with Crippen molar-refractivity contribution in [1.29, 1.82) is 0 Å². The predicted octanol–water partition coefficient (Wildman–Crippen LogP) is 4.19. The zero-order valence-electron chi connectivity index (χ0n) is 13.5. The van der Waals surface area contributed by atoms with Crippen molar-refractivity contribution in [1.82, 2.24) is 10.3 Å². The number of furan rings is 1. The molecule has 116 valence electrons. The Kier molecular flexibility index (Phi) is 5.59. The summed E-state index contributed by atoms with van der Waals surface area (Å²) in [5.41, 5.74) is 1.33. The third-order valence-electron chi connectivity index (χ3n) is 3.55. The lowest BCUT2D eigenvalue weighted by molar-refractivity contribution is 0.446. The van der Waals surface area contributed by atoms with Gasteiger partial charge in [0.2, 0.25) is 0 Å². The van der Waals surface area contributed by atoms with Crippen molar-refractivity contribution in [2.45, 2.75) is 58.4 Å². The van der Waals surface area contributed by atoms with E-state index in [1.165, 1.54) is 10.7 Å². The van der Waals surface area contributed by atoms with Crippen molar-refractivity contribution in [3.05, 3.63) is 40.2 Å². The summed E-state index contributed by atoms with van der Waals surface area (Å²) in [4.78, 5) is 4.80. The van der Waals surface area contributed by atoms with Crippen LogP contribution in [0.2, 0.25) is 0 Å². The number of thiazole rings is 1. The van der Waals surface area contributed by atoms with Gasteiger partial charge in [0.15, 0.2) is 0 Å². The van der Waals surface area contributed by atoms with Gasteiger partial charge in [0.05, 0.1) is 17.0 Å². The number of hydrogen-bond donors (Lipinski definition) is 1. The third kappa shape index (κ3) is 4.97. The second kappa shape index (κ2) is 7.23. The lowest BCUT2D eigenvalue weighted by atomic mass is 9.93. The van der Waals surface area contributed by atoms with Crippen molar-refractivity contribution in [3.8, 4) is 0 Å². The van der Waals surface area contributed by atoms with E-state index in [9.17, 15) is 0 Å². The van der Waals surface area contributed by atoms with Crippen molar-refractivity contribution < 1.29 is 4.42 Å². The molecule has 1 atom stereocenters. The summed E-state index contributed by atoms with van der Waals surface area (Å²) >= 11 is 1.78. The fourth-order valence-electron chi connectivity index (χ4n) is 2.30. The summed E-state index contributed by atoms with van der Waals surface area (Å²) in [5, 5.41) is 6.99. The lowest BCUT2D eigenvalue weighted by Gasteiger charge is -2.17. The van der Waals surface area contributed by atoms with Gasteiger partial charge in [0.25, 0.3) is 0 Å². The summed E-state index contributed by atoms with van der Waals surface area (Å²) in [7, 11) is 0. The Labute approximate surface area is 131 Å². The van der Waals surface area contributed by atoms with E-state index in [0.29, 0.717) is 6.04 Å². The summed E-state index contributed by atoms with van der Waals surface area (Å²) in [6.07, 6.45) is 4.79. The molecule has 3 nitrogen and oxygen atoms in total. The number of aromatic nitrogens is 1. The quantitative estimate of drug-likeness (QED) is 0.833. The molecular formula is C17H26N2OS. The van der Waals surface area contributed by atoms with Gasteiger partial charge in [-0.15, -0.1) is 11.3 Å². The topological polar surface area (TPSA) is 38.1 Å². The molecule has 0 aliphatic heterocycles. The number of rotatable bonds is 7. The fourth-order valence-corrected chi connectivity index (χ4v) is 3.40. The van der Waals surface area contributed by atoms with E-state index in [4.69, 9.17) is 9.40 Å². The number of hydrogen-bond acceptors (Lipinski definition) is 4. The van der Waals surface area contributed by atoms with Gasteiger partial charge >= 0.3 is 0 Å². The number of likely N-dealkylation sites (N-methyl/N-ethyl adjacent to an activating group) is 1. The van der Waals surface area contributed by atoms with Crippen molar-refractivity contribution in [2.75, 3.05) is 6.54 Å². The molecule has 0 saturated carbocycles. The highest BCUT2D eigenvalue weighted by molar-refractivity contribution is 7.09. The van der Waals surface area contributed by atoms with E-state index in [1.807, 2.05) is 12.1 Å². The molecule has 0 amide bonds. The minimum atomic E-state index is 0.136. The molecule has 21 heavy (non-hydrogen) atoms. The van der Waals surface area contributed by atoms with Crippen molar-refractivity contribution in [2.24, 2.45) is 0 Å². The summed E-state index contributed by atoms with van der Waals surface area (Å²) in [5.74, 6) is 1.06. The van der Waals surface area contributed by atoms with Crippen LogP contribution in [-0.2, 0) is 18.3 Å². The van der Waals surface area contributed by atoms with Gasteiger partial charge in [0, 0.05) is 29.7 Å². The van der Waals surface area contributed by atoms with Gasteiger partial charge in [0.1, 0.15) is 5.76 Å². The van der Waals surface area contributed by atoms with E-state index < -0.39 is 0 Å². The molecule has 1 N–H and O–H groups in total. The summed E-state index contributed by atoms with van der Waals surface area (Å²) in [6.45, 7) is 9.78. The molecule has 0 spiro atoms. The lowest BCUT2D eigenvalue weighted by Crippen LogP contribution is -2.31. The monoisotopic (exact) mass is 306 g/mol. The van der Waals surface area contributed by atoms with Crippen LogP contribution < -0.4 is 5.32 Å². The van der Waals surface area contributed by atoms with Crippen molar-refractivity contribution >= 4 is 11.3 Å². The zero-order valence-corrected chi connectivity index (χ0v) is 14.3. The summed E-state index contributed by atoms with van der Waals surface area (Å²) < 4.78 is 5.42. The van der Waals surface area contributed by atoms with E-state index in [0.717, 1.165) is 31.6 Å². The molecule has 2 aromatic heterocycles. The van der Waals surface area contributed by atoms with Crippen LogP contribution in [-0.4, -0.2) is 17.6 Å². The first-order chi connectivity index (χ1) is 9.99.